The maximum absolute atomic E-state index is 14.3. The van der Waals surface area contributed by atoms with Gasteiger partial charge in [0.25, 0.3) is 0 Å². The molecule has 13 N–H and O–H groups in total. The molecule has 2 aliphatic rings. The van der Waals surface area contributed by atoms with Crippen molar-refractivity contribution in [2.75, 3.05) is 19.6 Å². The Kier molecular flexibility index (Phi) is 18.5. The number of rotatable bonds is 21. The Morgan fingerprint density at radius 1 is 0.800 bits per heavy atom. The quantitative estimate of drug-likeness (QED) is 0.0380. The first-order chi connectivity index (χ1) is 28.3. The Morgan fingerprint density at radius 3 is 1.83 bits per heavy atom. The number of aliphatic carboxylic acids is 1. The summed E-state index contributed by atoms with van der Waals surface area (Å²) in [6.07, 6.45) is 1.07. The van der Waals surface area contributed by atoms with Crippen molar-refractivity contribution in [2.45, 2.75) is 134 Å². The summed E-state index contributed by atoms with van der Waals surface area (Å²) in [5, 5.41) is 40.1. The maximum atomic E-state index is 14.3. The number of nitrogens with one attached hydrogen (secondary N) is 4. The fourth-order valence-electron chi connectivity index (χ4n) is 7.28. The smallest absolute Gasteiger partial charge is 0.326 e. The molecule has 0 aromatic heterocycles. The van der Waals surface area contributed by atoms with Gasteiger partial charge in [0.1, 0.15) is 48.0 Å². The molecule has 1 aromatic carbocycles. The molecular weight excluding hydrogens is 780 g/mol. The van der Waals surface area contributed by atoms with Crippen molar-refractivity contribution in [1.82, 2.24) is 31.1 Å². The number of nitrogens with zero attached hydrogens (tertiary/aromatic N) is 3. The summed E-state index contributed by atoms with van der Waals surface area (Å²) in [7, 11) is 0. The van der Waals surface area contributed by atoms with Crippen LogP contribution in [0.3, 0.4) is 0 Å². The lowest BCUT2D eigenvalue weighted by Gasteiger charge is -2.34. The van der Waals surface area contributed by atoms with Crippen LogP contribution in [0.25, 0.3) is 0 Å². The summed E-state index contributed by atoms with van der Waals surface area (Å²) < 4.78 is 0. The van der Waals surface area contributed by atoms with Gasteiger partial charge in [-0.25, -0.2) is 4.79 Å². The van der Waals surface area contributed by atoms with E-state index in [1.165, 1.54) is 28.9 Å². The van der Waals surface area contributed by atoms with Crippen molar-refractivity contribution in [3.05, 3.63) is 29.8 Å². The van der Waals surface area contributed by atoms with Crippen molar-refractivity contribution in [3.8, 4) is 5.75 Å². The van der Waals surface area contributed by atoms with E-state index in [1.807, 2.05) is 6.92 Å². The topological polar surface area (TPSA) is 325 Å². The van der Waals surface area contributed by atoms with Crippen LogP contribution >= 0.6 is 0 Å². The van der Waals surface area contributed by atoms with E-state index in [0.29, 0.717) is 24.8 Å². The minimum absolute atomic E-state index is 0.00518. The molecule has 0 spiro atoms. The van der Waals surface area contributed by atoms with Crippen LogP contribution in [-0.2, 0) is 40.0 Å². The van der Waals surface area contributed by atoms with Crippen LogP contribution in [0.5, 0.6) is 5.75 Å². The molecule has 0 bridgehead atoms. The summed E-state index contributed by atoms with van der Waals surface area (Å²) in [5.41, 5.74) is 17.1. The molecule has 0 aliphatic carbocycles. The molecule has 2 saturated heterocycles. The van der Waals surface area contributed by atoms with Crippen molar-refractivity contribution >= 4 is 47.4 Å². The number of amides is 6. The third-order valence-corrected chi connectivity index (χ3v) is 11.1. The zero-order valence-electron chi connectivity index (χ0n) is 35.1. The average Bonchev–Trinajstić information content (AvgIpc) is 3.90. The van der Waals surface area contributed by atoms with Gasteiger partial charge in [0.2, 0.25) is 35.4 Å². The molecule has 1 aromatic rings. The maximum Gasteiger partial charge on any atom is 0.326 e. The molecule has 334 valence electrons. The number of aliphatic imine (C=N–C) groups is 1. The van der Waals surface area contributed by atoms with Crippen LogP contribution in [0.4, 0.5) is 0 Å². The highest BCUT2D eigenvalue weighted by Gasteiger charge is 2.43. The standard InChI is InChI=1S/C40H64N10O10/c1-6-22(4)32(38(58)50-19-9-12-29(50)33(53)47-31(21(2)3)36(56)45-26(39(59)60)10-7-17-44-40(42)43)48-34(54)28-11-8-18-49(28)37(57)27(46-35(55)30(41)23(5)51)20-24-13-15-25(52)16-14-24/h13-16,21-23,26-32,51-52H,6-12,17-20,41H2,1-5H3,(H,45,56)(H,46,55)(H,47,53)(H,48,54)(H,59,60)(H4,42,43,44)/t22-,23+,26-,27-,28-,29-,30-,31-,32-/m0/s1. The lowest BCUT2D eigenvalue weighted by molar-refractivity contribution is -0.146. The lowest BCUT2D eigenvalue weighted by atomic mass is 9.96. The first-order valence-corrected chi connectivity index (χ1v) is 20.6. The largest absolute Gasteiger partial charge is 0.508 e. The van der Waals surface area contributed by atoms with E-state index in [2.05, 4.69) is 26.3 Å². The van der Waals surface area contributed by atoms with Gasteiger partial charge in [-0.05, 0) is 75.0 Å². The van der Waals surface area contributed by atoms with Crippen LogP contribution < -0.4 is 38.5 Å². The van der Waals surface area contributed by atoms with Crippen LogP contribution in [0, 0.1) is 11.8 Å². The second kappa shape index (κ2) is 22.8. The van der Waals surface area contributed by atoms with Gasteiger partial charge in [-0.1, -0.05) is 46.2 Å². The highest BCUT2D eigenvalue weighted by molar-refractivity contribution is 5.97. The summed E-state index contributed by atoms with van der Waals surface area (Å²) >= 11 is 0. The van der Waals surface area contributed by atoms with Crippen molar-refractivity contribution in [1.29, 1.82) is 0 Å². The Bertz CT molecular complexity index is 1700. The number of hydrogen-bond donors (Lipinski definition) is 10. The fraction of sp³-hybridized carbons (Fsp3) is 0.650. The first kappa shape index (κ1) is 48.9. The molecule has 0 unspecified atom stereocenters. The molecular formula is C40H64N10O10. The number of likely N-dealkylation sites (tertiary alicyclic amines) is 2. The number of carboxylic acids is 1. The predicted molar refractivity (Wildman–Crippen MR) is 220 cm³/mol. The molecule has 60 heavy (non-hydrogen) atoms. The number of aliphatic hydroxyl groups is 1. The Hall–Kier alpha value is -5.50. The number of carbonyl (C=O) groups is 7. The van der Waals surface area contributed by atoms with Crippen LogP contribution in [0.15, 0.2) is 29.3 Å². The number of aliphatic hydroxyl groups excluding tert-OH is 1. The molecule has 3 rings (SSSR count). The number of phenolic OH excluding ortho intramolecular Hbond substituents is 1. The SMILES string of the molecule is CC[C@H](C)[C@H](NC(=O)[C@@H]1CCCN1C(=O)[C@H](Cc1ccc(O)cc1)NC(=O)[C@@H](N)[C@@H](C)O)C(=O)N1CCC[C@H]1C(=O)N[C@H](C(=O)N[C@@H](CCCN=C(N)N)C(=O)O)C(C)C. The highest BCUT2D eigenvalue weighted by Crippen LogP contribution is 2.25. The fourth-order valence-corrected chi connectivity index (χ4v) is 7.28. The second-order valence-corrected chi connectivity index (χ2v) is 16.0. The Morgan fingerprint density at radius 2 is 1.33 bits per heavy atom. The van der Waals surface area contributed by atoms with E-state index in [4.69, 9.17) is 17.2 Å². The Balaban J connectivity index is 1.77. The molecule has 2 heterocycles. The van der Waals surface area contributed by atoms with E-state index in [9.17, 15) is 48.9 Å². The molecule has 0 radical (unpaired) electrons. The number of benzene rings is 1. The van der Waals surface area contributed by atoms with Crippen molar-refractivity contribution < 1.29 is 48.9 Å². The number of aromatic hydroxyl groups is 1. The van der Waals surface area contributed by atoms with Crippen LogP contribution in [0.1, 0.15) is 85.1 Å². The number of guanidine groups is 1. The first-order valence-electron chi connectivity index (χ1n) is 20.6. The molecule has 2 fully saturated rings. The average molecular weight is 845 g/mol. The van der Waals surface area contributed by atoms with Gasteiger partial charge in [0.15, 0.2) is 5.96 Å². The number of hydrogen-bond acceptors (Lipinski definition) is 11. The van der Waals surface area contributed by atoms with E-state index >= 15 is 0 Å². The second-order valence-electron chi connectivity index (χ2n) is 16.0. The number of nitrogens with two attached hydrogens (primary N) is 3. The summed E-state index contributed by atoms with van der Waals surface area (Å²) in [5.74, 6) is -6.00. The van der Waals surface area contributed by atoms with Crippen molar-refractivity contribution in [3.63, 3.8) is 0 Å². The number of carbonyl (C=O) groups excluding carboxylic acids is 6. The van der Waals surface area contributed by atoms with Gasteiger partial charge in [-0.2, -0.15) is 0 Å². The summed E-state index contributed by atoms with van der Waals surface area (Å²) in [6.45, 7) is 8.92. The molecule has 6 amide bonds. The van der Waals surface area contributed by atoms with Gasteiger partial charge in [-0.15, -0.1) is 0 Å². The van der Waals surface area contributed by atoms with E-state index in [-0.39, 0.29) is 63.4 Å². The Labute approximate surface area is 350 Å². The van der Waals surface area contributed by atoms with Crippen LogP contribution in [-0.4, -0.2) is 141 Å². The van der Waals surface area contributed by atoms with Gasteiger partial charge < -0.3 is 63.6 Å². The normalized spacial score (nSPS) is 19.9. The molecule has 2 aliphatic heterocycles. The van der Waals surface area contributed by atoms with Gasteiger partial charge in [0.05, 0.1) is 6.10 Å². The molecule has 0 saturated carbocycles. The van der Waals surface area contributed by atoms with E-state index in [0.717, 1.165) is 0 Å². The minimum Gasteiger partial charge on any atom is -0.508 e. The lowest BCUT2D eigenvalue weighted by Crippen LogP contribution is -2.61. The van der Waals surface area contributed by atoms with Gasteiger partial charge in [-0.3, -0.25) is 33.8 Å². The van der Waals surface area contributed by atoms with Crippen LogP contribution in [0.2, 0.25) is 0 Å². The third kappa shape index (κ3) is 13.5. The van der Waals surface area contributed by atoms with Gasteiger partial charge in [0, 0.05) is 26.1 Å². The predicted octanol–water partition coefficient (Wildman–Crippen LogP) is -1.60. The molecule has 20 nitrogen and oxygen atoms in total. The molecule has 9 atom stereocenters. The zero-order chi connectivity index (χ0) is 44.8. The zero-order valence-corrected chi connectivity index (χ0v) is 35.1. The number of phenols is 1. The van der Waals surface area contributed by atoms with E-state index < -0.39 is 102 Å². The third-order valence-electron chi connectivity index (χ3n) is 11.1. The summed E-state index contributed by atoms with van der Waals surface area (Å²) in [6, 6.07) is -1.91. The van der Waals surface area contributed by atoms with Crippen molar-refractivity contribution in [2.24, 2.45) is 34.0 Å². The van der Waals surface area contributed by atoms with Gasteiger partial charge >= 0.3 is 5.97 Å². The summed E-state index contributed by atoms with van der Waals surface area (Å²) in [4.78, 5) is 101. The molecule has 20 heteroatoms. The highest BCUT2D eigenvalue weighted by atomic mass is 16.4. The number of carboxylic acid groups (broad SMARTS) is 1. The minimum atomic E-state index is -1.33. The monoisotopic (exact) mass is 844 g/mol. The van der Waals surface area contributed by atoms with E-state index in [1.54, 1.807) is 32.9 Å².